The molecule has 3 aromatic rings. The van der Waals surface area contributed by atoms with Crippen LogP contribution in [0, 0.1) is 0 Å². The summed E-state index contributed by atoms with van der Waals surface area (Å²) in [6.45, 7) is 0.580. The summed E-state index contributed by atoms with van der Waals surface area (Å²) in [6.07, 6.45) is -9.30. The third-order valence-electron chi connectivity index (χ3n) is 8.25. The van der Waals surface area contributed by atoms with E-state index in [1.54, 1.807) is 6.92 Å². The summed E-state index contributed by atoms with van der Waals surface area (Å²) in [5.41, 5.74) is 11.3. The minimum atomic E-state index is -4.58. The zero-order chi connectivity index (χ0) is 34.0. The van der Waals surface area contributed by atoms with Crippen molar-refractivity contribution in [2.45, 2.75) is 62.5 Å². The highest BCUT2D eigenvalue weighted by molar-refractivity contribution is 7.53. The summed E-state index contributed by atoms with van der Waals surface area (Å²) >= 11 is 0. The fourth-order valence-corrected chi connectivity index (χ4v) is 8.94. The van der Waals surface area contributed by atoms with Crippen molar-refractivity contribution in [3.8, 4) is 0 Å². The van der Waals surface area contributed by atoms with Gasteiger partial charge in [-0.3, -0.25) is 37.0 Å². The molecule has 21 nitrogen and oxygen atoms in total. The molecule has 0 spiro atoms. The molecule has 3 saturated heterocycles. The van der Waals surface area contributed by atoms with E-state index in [0.717, 1.165) is 7.11 Å². The van der Waals surface area contributed by atoms with Crippen LogP contribution in [-0.2, 0) is 41.2 Å². The van der Waals surface area contributed by atoms with Gasteiger partial charge in [0.05, 0.1) is 26.2 Å². The van der Waals surface area contributed by atoms with Gasteiger partial charge in [-0.2, -0.15) is 4.98 Å². The number of nitrogen functional groups attached to an aromatic ring is 2. The molecule has 262 valence electrons. The molecule has 4 aliphatic heterocycles. The van der Waals surface area contributed by atoms with E-state index >= 15 is 4.39 Å². The number of halogens is 1. The molecule has 0 aliphatic carbocycles. The number of imidazole rings is 1. The molecule has 3 aromatic heterocycles. The zero-order valence-electron chi connectivity index (χ0n) is 25.4. The van der Waals surface area contributed by atoms with E-state index in [2.05, 4.69) is 30.2 Å². The minimum Gasteiger partial charge on any atom is -0.387 e. The topological polar surface area (TPSA) is 276 Å². The highest BCUT2D eigenvalue weighted by Crippen LogP contribution is 2.57. The van der Waals surface area contributed by atoms with E-state index in [9.17, 15) is 19.0 Å². The Bertz CT molecular complexity index is 1850. The van der Waals surface area contributed by atoms with Crippen molar-refractivity contribution in [2.24, 2.45) is 0 Å². The normalized spacial score (nSPS) is 37.0. The quantitative estimate of drug-likeness (QED) is 0.224. The first-order valence-electron chi connectivity index (χ1n) is 14.8. The summed E-state index contributed by atoms with van der Waals surface area (Å²) in [7, 11) is -7.69. The molecule has 7 N–H and O–H groups in total. The van der Waals surface area contributed by atoms with E-state index < -0.39 is 83.3 Å². The molecule has 7 rings (SSSR count). The van der Waals surface area contributed by atoms with Crippen LogP contribution >= 0.6 is 15.4 Å². The molecular formula is C24H33FN10O11P2. The number of phosphoric ester groups is 1. The van der Waals surface area contributed by atoms with Gasteiger partial charge in [0.1, 0.15) is 42.5 Å². The maximum absolute atomic E-state index is 16.3. The number of aromatic amines is 1. The Morgan fingerprint density at radius 1 is 1.10 bits per heavy atom. The van der Waals surface area contributed by atoms with Gasteiger partial charge in [-0.15, -0.1) is 0 Å². The van der Waals surface area contributed by atoms with Crippen LogP contribution in [-0.4, -0.2) is 111 Å². The second kappa shape index (κ2) is 12.5. The van der Waals surface area contributed by atoms with Gasteiger partial charge in [0.2, 0.25) is 5.95 Å². The van der Waals surface area contributed by atoms with Crippen LogP contribution in [0.4, 0.5) is 27.7 Å². The number of alkyl halides is 1. The number of aromatic nitrogens is 6. The minimum absolute atomic E-state index is 0.0193. The molecule has 7 heterocycles. The third-order valence-corrected chi connectivity index (χ3v) is 11.8. The van der Waals surface area contributed by atoms with Crippen LogP contribution in [0.2, 0.25) is 0 Å². The molecule has 2 bridgehead atoms. The number of ether oxygens (including phenoxy) is 2. The SMILES string of the molecule is CCC[P@@]1(=O)OCC2OC(N3CNc4c(N)ncnc43)C(F)C2OP(=O)(OC)OCC2OC(n3cnc4c(=O)[nH]c(N)nc43)C(O1)C2O. The van der Waals surface area contributed by atoms with E-state index in [-0.39, 0.29) is 41.6 Å². The average molecular weight is 719 g/mol. The summed E-state index contributed by atoms with van der Waals surface area (Å²) < 4.78 is 85.9. The molecule has 3 fully saturated rings. The number of hydrogen-bond donors (Lipinski definition) is 5. The Kier molecular flexibility index (Phi) is 8.68. The maximum Gasteiger partial charge on any atom is 0.475 e. The first kappa shape index (κ1) is 33.2. The first-order valence-corrected chi connectivity index (χ1v) is 18.0. The summed E-state index contributed by atoms with van der Waals surface area (Å²) in [6, 6.07) is 0. The Labute approximate surface area is 270 Å². The van der Waals surface area contributed by atoms with Crippen molar-refractivity contribution in [3.05, 3.63) is 23.0 Å². The molecule has 4 aliphatic rings. The molecule has 0 saturated carbocycles. The Morgan fingerprint density at radius 3 is 2.65 bits per heavy atom. The van der Waals surface area contributed by atoms with Crippen LogP contribution in [0.3, 0.4) is 0 Å². The third kappa shape index (κ3) is 5.74. The monoisotopic (exact) mass is 718 g/mol. The van der Waals surface area contributed by atoms with E-state index in [1.807, 2.05) is 0 Å². The van der Waals surface area contributed by atoms with Crippen molar-refractivity contribution < 1.29 is 50.7 Å². The predicted octanol–water partition coefficient (Wildman–Crippen LogP) is 0.460. The Balaban J connectivity index is 1.23. The van der Waals surface area contributed by atoms with Crippen molar-refractivity contribution in [3.63, 3.8) is 0 Å². The lowest BCUT2D eigenvalue weighted by Gasteiger charge is -2.28. The van der Waals surface area contributed by atoms with Crippen LogP contribution in [0.25, 0.3) is 11.2 Å². The lowest BCUT2D eigenvalue weighted by Crippen LogP contribution is -2.43. The number of nitrogens with two attached hydrogens (primary N) is 2. The van der Waals surface area contributed by atoms with Crippen molar-refractivity contribution in [2.75, 3.05) is 54.8 Å². The Hall–Kier alpha value is -3.30. The number of aliphatic hydroxyl groups excluding tert-OH is 1. The molecule has 0 amide bonds. The van der Waals surface area contributed by atoms with Gasteiger partial charge in [-0.25, -0.2) is 23.9 Å². The molecule has 9 unspecified atom stereocenters. The van der Waals surface area contributed by atoms with Crippen LogP contribution in [0.15, 0.2) is 17.4 Å². The van der Waals surface area contributed by atoms with Crippen LogP contribution in [0.5, 0.6) is 0 Å². The van der Waals surface area contributed by atoms with Crippen molar-refractivity contribution in [1.29, 1.82) is 0 Å². The number of hydrogen-bond acceptors (Lipinski definition) is 19. The van der Waals surface area contributed by atoms with E-state index in [4.69, 9.17) is 43.6 Å². The van der Waals surface area contributed by atoms with Gasteiger partial charge in [-0.1, -0.05) is 6.92 Å². The number of H-pyrrole nitrogens is 1. The second-order valence-electron chi connectivity index (χ2n) is 11.3. The molecular weight excluding hydrogens is 685 g/mol. The summed E-state index contributed by atoms with van der Waals surface area (Å²) in [5.74, 6) is 0.181. The van der Waals surface area contributed by atoms with Gasteiger partial charge in [-0.05, 0) is 6.42 Å². The predicted molar refractivity (Wildman–Crippen MR) is 162 cm³/mol. The number of anilines is 4. The van der Waals surface area contributed by atoms with Gasteiger partial charge < -0.3 is 40.8 Å². The van der Waals surface area contributed by atoms with E-state index in [1.165, 1.54) is 22.1 Å². The lowest BCUT2D eigenvalue weighted by atomic mass is 10.1. The number of aliphatic hydroxyl groups is 1. The number of fused-ring (bicyclic) bond motifs is 5. The Morgan fingerprint density at radius 2 is 1.88 bits per heavy atom. The fraction of sp³-hybridized carbons (Fsp3) is 0.625. The first-order chi connectivity index (χ1) is 22.9. The number of rotatable bonds is 5. The highest BCUT2D eigenvalue weighted by atomic mass is 31.2. The average Bonchev–Trinajstić information content (AvgIpc) is 3.81. The maximum atomic E-state index is 16.3. The standard InChI is InChI=1S/C24H33FN10O11P2/c1-3-4-47(38)41-6-11-16(12(25)22(44-11)34-8-30-13-18(26)28-7-29-19(13)34)46-48(39,40-2)42-5-10-15(36)17(45-47)23(43-10)35-9-31-14-20(35)32-24(27)33-21(14)37/h7,9-12,15-17,22-23,30,36H,3-6,8H2,1-2H3,(H2,26,28,29)(H3,27,32,33,37)/t10?,11?,12?,15?,16?,17?,22?,23?,47-,48?/m1/s1. The number of nitrogens with zero attached hydrogens (tertiary/aromatic N) is 6. The van der Waals surface area contributed by atoms with Crippen LogP contribution in [0.1, 0.15) is 19.6 Å². The van der Waals surface area contributed by atoms with Crippen molar-refractivity contribution in [1.82, 2.24) is 29.5 Å². The fourth-order valence-electron chi connectivity index (χ4n) is 5.99. The molecule has 48 heavy (non-hydrogen) atoms. The van der Waals surface area contributed by atoms with Gasteiger partial charge in [0.15, 0.2) is 41.4 Å². The lowest BCUT2D eigenvalue weighted by molar-refractivity contribution is -0.0608. The van der Waals surface area contributed by atoms with Gasteiger partial charge in [0.25, 0.3) is 5.56 Å². The number of nitrogens with one attached hydrogen (secondary N) is 2. The van der Waals surface area contributed by atoms with Gasteiger partial charge in [0, 0.05) is 13.3 Å². The summed E-state index contributed by atoms with van der Waals surface area (Å²) in [5, 5.41) is 14.4. The van der Waals surface area contributed by atoms with Crippen LogP contribution < -0.4 is 27.2 Å². The second-order valence-corrected chi connectivity index (χ2v) is 15.2. The molecule has 10 atom stereocenters. The number of phosphoric acid groups is 1. The molecule has 0 aromatic carbocycles. The zero-order valence-corrected chi connectivity index (χ0v) is 27.2. The van der Waals surface area contributed by atoms with Gasteiger partial charge >= 0.3 is 15.4 Å². The molecule has 24 heteroatoms. The van der Waals surface area contributed by atoms with E-state index in [0.29, 0.717) is 12.1 Å². The smallest absolute Gasteiger partial charge is 0.387 e. The van der Waals surface area contributed by atoms with Crippen molar-refractivity contribution >= 4 is 49.9 Å². The summed E-state index contributed by atoms with van der Waals surface area (Å²) in [4.78, 5) is 32.5. The highest BCUT2D eigenvalue weighted by Gasteiger charge is 2.56. The largest absolute Gasteiger partial charge is 0.475 e. The molecule has 0 radical (unpaired) electrons.